The summed E-state index contributed by atoms with van der Waals surface area (Å²) in [6.45, 7) is 4.06. The second-order valence-electron chi connectivity index (χ2n) is 6.13. The first-order valence-corrected chi connectivity index (χ1v) is 9.39. The van der Waals surface area contributed by atoms with Crippen LogP contribution in [0, 0.1) is 0 Å². The molecule has 0 spiro atoms. The minimum atomic E-state index is -0.0160. The molecule has 26 heavy (non-hydrogen) atoms. The van der Waals surface area contributed by atoms with E-state index in [0.29, 0.717) is 11.4 Å². The van der Waals surface area contributed by atoms with Crippen LogP contribution in [0.2, 0.25) is 0 Å². The van der Waals surface area contributed by atoms with Gasteiger partial charge in [0.1, 0.15) is 11.4 Å². The van der Waals surface area contributed by atoms with Crippen molar-refractivity contribution in [1.82, 2.24) is 14.8 Å². The highest BCUT2D eigenvalue weighted by molar-refractivity contribution is 9.10. The first kappa shape index (κ1) is 18.6. The Balaban J connectivity index is 1.47. The van der Waals surface area contributed by atoms with Gasteiger partial charge >= 0.3 is 0 Å². The standard InChI is InChI=1S/C20H22BrN3O2/c1-26-18-8-9-19(22-15-18)20(25)24-13-11-23(12-14-24)10-2-3-16-4-6-17(21)7-5-16/h2-9,15H,10-14H2,1H3/b3-2+. The Hall–Kier alpha value is -2.18. The summed E-state index contributed by atoms with van der Waals surface area (Å²) in [5, 5.41) is 0. The van der Waals surface area contributed by atoms with Crippen LogP contribution in [0.5, 0.6) is 5.75 Å². The highest BCUT2D eigenvalue weighted by Gasteiger charge is 2.22. The number of halogens is 1. The molecule has 1 amide bonds. The smallest absolute Gasteiger partial charge is 0.272 e. The zero-order valence-corrected chi connectivity index (χ0v) is 16.4. The van der Waals surface area contributed by atoms with Gasteiger partial charge in [0.2, 0.25) is 0 Å². The van der Waals surface area contributed by atoms with Gasteiger partial charge in [-0.2, -0.15) is 0 Å². The molecule has 1 saturated heterocycles. The average Bonchev–Trinajstić information content (AvgIpc) is 2.69. The molecule has 0 radical (unpaired) electrons. The van der Waals surface area contributed by atoms with E-state index in [0.717, 1.165) is 37.2 Å². The molecule has 0 bridgehead atoms. The van der Waals surface area contributed by atoms with Crippen LogP contribution >= 0.6 is 15.9 Å². The minimum absolute atomic E-state index is 0.0160. The first-order valence-electron chi connectivity index (χ1n) is 8.59. The third kappa shape index (κ3) is 4.93. The summed E-state index contributed by atoms with van der Waals surface area (Å²) in [7, 11) is 1.59. The van der Waals surface area contributed by atoms with Crippen molar-refractivity contribution in [3.63, 3.8) is 0 Å². The van der Waals surface area contributed by atoms with E-state index in [1.165, 1.54) is 5.56 Å². The lowest BCUT2D eigenvalue weighted by Gasteiger charge is -2.34. The Morgan fingerprint density at radius 1 is 1.15 bits per heavy atom. The number of carbonyl (C=O) groups is 1. The van der Waals surface area contributed by atoms with Crippen molar-refractivity contribution < 1.29 is 9.53 Å². The van der Waals surface area contributed by atoms with Gasteiger partial charge in [-0.1, -0.05) is 40.2 Å². The van der Waals surface area contributed by atoms with Gasteiger partial charge in [-0.05, 0) is 29.8 Å². The third-order valence-electron chi connectivity index (χ3n) is 4.39. The number of amides is 1. The van der Waals surface area contributed by atoms with Gasteiger partial charge < -0.3 is 9.64 Å². The molecule has 0 aliphatic carbocycles. The van der Waals surface area contributed by atoms with Crippen LogP contribution < -0.4 is 4.74 Å². The Morgan fingerprint density at radius 2 is 1.88 bits per heavy atom. The topological polar surface area (TPSA) is 45.7 Å². The summed E-state index contributed by atoms with van der Waals surface area (Å²) in [5.41, 5.74) is 1.65. The number of pyridine rings is 1. The molecule has 0 atom stereocenters. The molecule has 6 heteroatoms. The number of hydrogen-bond donors (Lipinski definition) is 0. The summed E-state index contributed by atoms with van der Waals surface area (Å²) in [4.78, 5) is 20.9. The van der Waals surface area contributed by atoms with Crippen LogP contribution in [0.1, 0.15) is 16.1 Å². The lowest BCUT2D eigenvalue weighted by atomic mass is 10.2. The molecule has 0 N–H and O–H groups in total. The monoisotopic (exact) mass is 415 g/mol. The van der Waals surface area contributed by atoms with E-state index in [-0.39, 0.29) is 5.91 Å². The maximum absolute atomic E-state index is 12.5. The van der Waals surface area contributed by atoms with E-state index in [1.54, 1.807) is 25.4 Å². The van der Waals surface area contributed by atoms with Crippen LogP contribution in [-0.2, 0) is 0 Å². The summed E-state index contributed by atoms with van der Waals surface area (Å²) in [6, 6.07) is 11.7. The van der Waals surface area contributed by atoms with E-state index >= 15 is 0 Å². The zero-order valence-electron chi connectivity index (χ0n) is 14.8. The maximum Gasteiger partial charge on any atom is 0.272 e. The largest absolute Gasteiger partial charge is 0.495 e. The lowest BCUT2D eigenvalue weighted by molar-refractivity contribution is 0.0644. The average molecular weight is 416 g/mol. The van der Waals surface area contributed by atoms with E-state index in [4.69, 9.17) is 4.74 Å². The van der Waals surface area contributed by atoms with Crippen molar-refractivity contribution in [3.05, 3.63) is 64.4 Å². The lowest BCUT2D eigenvalue weighted by Crippen LogP contribution is -2.48. The highest BCUT2D eigenvalue weighted by Crippen LogP contribution is 2.13. The molecule has 1 aromatic heterocycles. The van der Waals surface area contributed by atoms with Crippen molar-refractivity contribution in [1.29, 1.82) is 0 Å². The van der Waals surface area contributed by atoms with Gasteiger partial charge in [0.25, 0.3) is 5.91 Å². The summed E-state index contributed by atoms with van der Waals surface area (Å²) in [6.07, 6.45) is 5.88. The van der Waals surface area contributed by atoms with Crippen LogP contribution in [-0.4, -0.2) is 60.5 Å². The summed E-state index contributed by atoms with van der Waals surface area (Å²) < 4.78 is 6.17. The van der Waals surface area contributed by atoms with Crippen LogP contribution in [0.3, 0.4) is 0 Å². The van der Waals surface area contributed by atoms with E-state index in [9.17, 15) is 4.79 Å². The quantitative estimate of drug-likeness (QED) is 0.751. The third-order valence-corrected chi connectivity index (χ3v) is 4.92. The van der Waals surface area contributed by atoms with Crippen LogP contribution in [0.25, 0.3) is 6.08 Å². The number of rotatable bonds is 5. The second kappa shape index (κ2) is 8.96. The number of piperazine rings is 1. The Labute approximate surface area is 162 Å². The minimum Gasteiger partial charge on any atom is -0.495 e. The van der Waals surface area contributed by atoms with Gasteiger partial charge in [0.05, 0.1) is 13.3 Å². The van der Waals surface area contributed by atoms with Gasteiger partial charge in [0.15, 0.2) is 0 Å². The normalized spacial score (nSPS) is 15.4. The fraction of sp³-hybridized carbons (Fsp3) is 0.300. The molecule has 5 nitrogen and oxygen atoms in total. The Morgan fingerprint density at radius 3 is 2.50 bits per heavy atom. The van der Waals surface area contributed by atoms with Gasteiger partial charge in [0, 0.05) is 37.2 Å². The molecular weight excluding hydrogens is 394 g/mol. The Kier molecular flexibility index (Phi) is 6.41. The Bertz CT molecular complexity index is 752. The van der Waals surface area contributed by atoms with Crippen LogP contribution in [0.4, 0.5) is 0 Å². The van der Waals surface area contributed by atoms with Crippen molar-refractivity contribution in [3.8, 4) is 5.75 Å². The van der Waals surface area contributed by atoms with Gasteiger partial charge in [-0.15, -0.1) is 0 Å². The molecule has 0 saturated carbocycles. The molecular formula is C20H22BrN3O2. The maximum atomic E-state index is 12.5. The summed E-state index contributed by atoms with van der Waals surface area (Å²) >= 11 is 3.44. The molecule has 1 aliphatic heterocycles. The molecule has 136 valence electrons. The molecule has 1 fully saturated rings. The zero-order chi connectivity index (χ0) is 18.4. The number of ether oxygens (including phenoxy) is 1. The number of aromatic nitrogens is 1. The SMILES string of the molecule is COc1ccc(C(=O)N2CCN(C/C=C/c3ccc(Br)cc3)CC2)nc1. The molecule has 3 rings (SSSR count). The van der Waals surface area contributed by atoms with E-state index in [2.05, 4.69) is 50.1 Å². The highest BCUT2D eigenvalue weighted by atomic mass is 79.9. The number of methoxy groups -OCH3 is 1. The van der Waals surface area contributed by atoms with Gasteiger partial charge in [-0.3, -0.25) is 9.69 Å². The molecule has 1 aliphatic rings. The first-order chi connectivity index (χ1) is 12.7. The molecule has 2 heterocycles. The van der Waals surface area contributed by atoms with Crippen LogP contribution in [0.15, 0.2) is 53.1 Å². The molecule has 1 aromatic carbocycles. The predicted molar refractivity (Wildman–Crippen MR) is 106 cm³/mol. The number of benzene rings is 1. The second-order valence-corrected chi connectivity index (χ2v) is 7.05. The number of nitrogens with zero attached hydrogens (tertiary/aromatic N) is 3. The fourth-order valence-electron chi connectivity index (χ4n) is 2.83. The van der Waals surface area contributed by atoms with Crippen molar-refractivity contribution >= 4 is 27.9 Å². The predicted octanol–water partition coefficient (Wildman–Crippen LogP) is 3.32. The van der Waals surface area contributed by atoms with Crippen molar-refractivity contribution in [2.24, 2.45) is 0 Å². The fourth-order valence-corrected chi connectivity index (χ4v) is 3.10. The van der Waals surface area contributed by atoms with E-state index < -0.39 is 0 Å². The van der Waals surface area contributed by atoms with Crippen molar-refractivity contribution in [2.75, 3.05) is 39.8 Å². The number of hydrogen-bond acceptors (Lipinski definition) is 4. The van der Waals surface area contributed by atoms with E-state index in [1.807, 2.05) is 17.0 Å². The van der Waals surface area contributed by atoms with Crippen molar-refractivity contribution in [2.45, 2.75) is 0 Å². The number of carbonyl (C=O) groups excluding carboxylic acids is 1. The summed E-state index contributed by atoms with van der Waals surface area (Å²) in [5.74, 6) is 0.640. The molecule has 0 unspecified atom stereocenters. The molecule has 2 aromatic rings. The van der Waals surface area contributed by atoms with Gasteiger partial charge in [-0.25, -0.2) is 4.98 Å².